The van der Waals surface area contributed by atoms with Gasteiger partial charge in [0.05, 0.1) is 0 Å². The standard InChI is InChI=1S/C77H128O6/c1-4-7-10-13-16-19-22-25-27-29-30-31-32-33-34-35-36-37-38-39-40-41-42-43-44-45-46-48-49-52-55-58-61-64-67-70-76(79)82-73-74(72-81-75(78)69-66-63-60-57-54-51-24-21-18-15-12-9-6-3)83-77(80)71-68-65-62-59-56-53-50-47-28-26-23-20-17-14-11-8-5-2/h7-8,10-11,16-17,19-20,25-28,30-31,33-34,36-37,50,53,59,62,74H,4-6,9,12-15,18,21-24,29,32,35,38-49,51-52,54-58,60-61,63-73H2,1-3H3/b10-7-,11-8-,19-16-,20-17-,27-25-,28-26-,31-30-,34-33-,37-36-,53-50-,62-59-. The van der Waals surface area contributed by atoms with Crippen molar-refractivity contribution >= 4 is 17.9 Å². The quantitative estimate of drug-likeness (QED) is 0.0261. The van der Waals surface area contributed by atoms with Crippen LogP contribution in [0.2, 0.25) is 0 Å². The lowest BCUT2D eigenvalue weighted by molar-refractivity contribution is -0.167. The number of hydrogen-bond acceptors (Lipinski definition) is 6. The fraction of sp³-hybridized carbons (Fsp3) is 0.675. The van der Waals surface area contributed by atoms with Crippen molar-refractivity contribution in [1.29, 1.82) is 0 Å². The molecule has 0 saturated carbocycles. The minimum Gasteiger partial charge on any atom is -0.462 e. The van der Waals surface area contributed by atoms with Gasteiger partial charge in [-0.25, -0.2) is 0 Å². The van der Waals surface area contributed by atoms with Crippen molar-refractivity contribution in [3.05, 3.63) is 134 Å². The van der Waals surface area contributed by atoms with Gasteiger partial charge in [0, 0.05) is 19.3 Å². The molecule has 0 aliphatic rings. The molecule has 0 aromatic rings. The molecule has 83 heavy (non-hydrogen) atoms. The van der Waals surface area contributed by atoms with Crippen molar-refractivity contribution < 1.29 is 28.6 Å². The average Bonchev–Trinajstić information content (AvgIpc) is 3.49. The highest BCUT2D eigenvalue weighted by Gasteiger charge is 2.19. The first-order valence-electron chi connectivity index (χ1n) is 34.7. The summed E-state index contributed by atoms with van der Waals surface area (Å²) >= 11 is 0. The predicted molar refractivity (Wildman–Crippen MR) is 362 cm³/mol. The molecule has 0 aliphatic carbocycles. The van der Waals surface area contributed by atoms with Gasteiger partial charge < -0.3 is 14.2 Å². The molecule has 0 aliphatic heterocycles. The summed E-state index contributed by atoms with van der Waals surface area (Å²) in [5.41, 5.74) is 0. The second-order valence-electron chi connectivity index (χ2n) is 22.7. The molecule has 0 bridgehead atoms. The van der Waals surface area contributed by atoms with Crippen molar-refractivity contribution in [2.45, 2.75) is 322 Å². The summed E-state index contributed by atoms with van der Waals surface area (Å²) in [6.45, 7) is 6.39. The molecule has 0 fully saturated rings. The Morgan fingerprint density at radius 2 is 0.482 bits per heavy atom. The number of allylic oxidation sites excluding steroid dienone is 22. The van der Waals surface area contributed by atoms with Gasteiger partial charge in [0.25, 0.3) is 0 Å². The number of unbranched alkanes of at least 4 members (excludes halogenated alkanes) is 29. The molecule has 1 atom stereocenters. The van der Waals surface area contributed by atoms with E-state index in [1.165, 1.54) is 154 Å². The number of hydrogen-bond donors (Lipinski definition) is 0. The monoisotopic (exact) mass is 1150 g/mol. The highest BCUT2D eigenvalue weighted by molar-refractivity contribution is 5.71. The first-order valence-corrected chi connectivity index (χ1v) is 34.7. The van der Waals surface area contributed by atoms with E-state index in [1.807, 2.05) is 0 Å². The van der Waals surface area contributed by atoms with Gasteiger partial charge in [-0.3, -0.25) is 14.4 Å². The lowest BCUT2D eigenvalue weighted by Gasteiger charge is -2.18. The summed E-state index contributed by atoms with van der Waals surface area (Å²) in [6, 6.07) is 0. The minimum absolute atomic E-state index is 0.0988. The SMILES string of the molecule is CC/C=C\C/C=C\C/C=C\C/C=C\C/C=C\C/C=C\CCCCCCCCCCCCCCCCCCC(=O)OCC(COC(=O)CCCCCCCCCCCCCCC)OC(=O)CCC/C=C\C/C=C\C/C=C\C/C=C\C/C=C\CC. The number of esters is 3. The Bertz CT molecular complexity index is 1750. The van der Waals surface area contributed by atoms with E-state index in [0.717, 1.165) is 116 Å². The topological polar surface area (TPSA) is 78.9 Å². The maximum Gasteiger partial charge on any atom is 0.306 e. The fourth-order valence-electron chi connectivity index (χ4n) is 9.54. The summed E-state index contributed by atoms with van der Waals surface area (Å²) in [6.07, 6.45) is 99.2. The van der Waals surface area contributed by atoms with Crippen LogP contribution in [0.1, 0.15) is 316 Å². The fourth-order valence-corrected chi connectivity index (χ4v) is 9.54. The third-order valence-electron chi connectivity index (χ3n) is 14.7. The average molecular weight is 1150 g/mol. The smallest absolute Gasteiger partial charge is 0.306 e. The second kappa shape index (κ2) is 70.0. The van der Waals surface area contributed by atoms with Crippen LogP contribution in [0.15, 0.2) is 134 Å². The summed E-state index contributed by atoms with van der Waals surface area (Å²) < 4.78 is 16.9. The van der Waals surface area contributed by atoms with E-state index < -0.39 is 6.10 Å². The van der Waals surface area contributed by atoms with Gasteiger partial charge in [0.2, 0.25) is 0 Å². The van der Waals surface area contributed by atoms with Crippen LogP contribution in [0.3, 0.4) is 0 Å². The Morgan fingerprint density at radius 3 is 0.771 bits per heavy atom. The molecule has 0 spiro atoms. The molecule has 0 saturated heterocycles. The molecule has 0 N–H and O–H groups in total. The Balaban J connectivity index is 4.22. The lowest BCUT2D eigenvalue weighted by atomic mass is 10.0. The van der Waals surface area contributed by atoms with Crippen LogP contribution in [0, 0.1) is 0 Å². The summed E-state index contributed by atoms with van der Waals surface area (Å²) in [5, 5.41) is 0. The first-order chi connectivity index (χ1) is 41.0. The number of rotatable bonds is 62. The predicted octanol–water partition coefficient (Wildman–Crippen LogP) is 24.1. The van der Waals surface area contributed by atoms with E-state index in [9.17, 15) is 14.4 Å². The van der Waals surface area contributed by atoms with Gasteiger partial charge in [-0.1, -0.05) is 321 Å². The molecule has 0 amide bonds. The van der Waals surface area contributed by atoms with E-state index in [4.69, 9.17) is 14.2 Å². The van der Waals surface area contributed by atoms with Gasteiger partial charge >= 0.3 is 17.9 Å². The van der Waals surface area contributed by atoms with Gasteiger partial charge in [-0.15, -0.1) is 0 Å². The molecular formula is C77H128O6. The Labute approximate surface area is 513 Å². The Kier molecular flexibility index (Phi) is 66.3. The molecule has 0 rings (SSSR count). The first kappa shape index (κ1) is 78.5. The zero-order chi connectivity index (χ0) is 59.9. The third kappa shape index (κ3) is 68.2. The van der Waals surface area contributed by atoms with Crippen LogP contribution >= 0.6 is 0 Å². The van der Waals surface area contributed by atoms with Gasteiger partial charge in [-0.2, -0.15) is 0 Å². The van der Waals surface area contributed by atoms with Crippen LogP contribution < -0.4 is 0 Å². The molecule has 0 heterocycles. The molecular weight excluding hydrogens is 1020 g/mol. The second-order valence-corrected chi connectivity index (χ2v) is 22.7. The summed E-state index contributed by atoms with van der Waals surface area (Å²) in [5.74, 6) is -0.949. The van der Waals surface area contributed by atoms with Crippen molar-refractivity contribution in [1.82, 2.24) is 0 Å². The van der Waals surface area contributed by atoms with Gasteiger partial charge in [0.1, 0.15) is 13.2 Å². The maximum absolute atomic E-state index is 12.9. The molecule has 0 aromatic heterocycles. The molecule has 0 aromatic carbocycles. The minimum atomic E-state index is -0.809. The Morgan fingerprint density at radius 1 is 0.253 bits per heavy atom. The van der Waals surface area contributed by atoms with E-state index in [1.54, 1.807) is 0 Å². The lowest BCUT2D eigenvalue weighted by Crippen LogP contribution is -2.30. The molecule has 472 valence electrons. The van der Waals surface area contributed by atoms with Crippen molar-refractivity contribution in [3.63, 3.8) is 0 Å². The molecule has 1 unspecified atom stereocenters. The summed E-state index contributed by atoms with van der Waals surface area (Å²) in [7, 11) is 0. The van der Waals surface area contributed by atoms with E-state index in [2.05, 4.69) is 154 Å². The van der Waals surface area contributed by atoms with Crippen LogP contribution in [0.4, 0.5) is 0 Å². The maximum atomic E-state index is 12.9. The number of ether oxygens (including phenoxy) is 3. The van der Waals surface area contributed by atoms with E-state index >= 15 is 0 Å². The van der Waals surface area contributed by atoms with Crippen LogP contribution in [-0.2, 0) is 28.6 Å². The Hall–Kier alpha value is -4.45. The van der Waals surface area contributed by atoms with Crippen molar-refractivity contribution in [3.8, 4) is 0 Å². The van der Waals surface area contributed by atoms with Crippen LogP contribution in [0.25, 0.3) is 0 Å². The molecule has 6 heteroatoms. The van der Waals surface area contributed by atoms with Crippen molar-refractivity contribution in [2.75, 3.05) is 13.2 Å². The highest BCUT2D eigenvalue weighted by atomic mass is 16.6. The van der Waals surface area contributed by atoms with Crippen molar-refractivity contribution in [2.24, 2.45) is 0 Å². The van der Waals surface area contributed by atoms with E-state index in [-0.39, 0.29) is 37.5 Å². The number of carbonyl (C=O) groups is 3. The zero-order valence-corrected chi connectivity index (χ0v) is 54.2. The van der Waals surface area contributed by atoms with Gasteiger partial charge in [0.15, 0.2) is 6.10 Å². The summed E-state index contributed by atoms with van der Waals surface area (Å²) in [4.78, 5) is 38.3. The van der Waals surface area contributed by atoms with E-state index in [0.29, 0.717) is 19.3 Å². The molecule has 6 nitrogen and oxygen atoms in total. The highest BCUT2D eigenvalue weighted by Crippen LogP contribution is 2.17. The van der Waals surface area contributed by atoms with Crippen LogP contribution in [-0.4, -0.2) is 37.2 Å². The van der Waals surface area contributed by atoms with Gasteiger partial charge in [-0.05, 0) is 109 Å². The number of carbonyl (C=O) groups excluding carboxylic acids is 3. The normalized spacial score (nSPS) is 13.0. The molecule has 0 radical (unpaired) electrons. The third-order valence-corrected chi connectivity index (χ3v) is 14.7. The largest absolute Gasteiger partial charge is 0.462 e. The zero-order valence-electron chi connectivity index (χ0n) is 54.2. The van der Waals surface area contributed by atoms with Crippen LogP contribution in [0.5, 0.6) is 0 Å².